The standard InChI is InChI=1S/C17H20N2O6S2/c1-11(20)18-13-9-12(6-7-15(13)24-2)27(22,23)19-14(10-17(21)25-3)16-5-4-8-26-16/h4-9,14,19H,10H2,1-3H3,(H,18,20)/t14-/m0/s1. The number of amides is 1. The van der Waals surface area contributed by atoms with Crippen LogP contribution in [-0.4, -0.2) is 34.5 Å². The number of methoxy groups -OCH3 is 2. The maximum Gasteiger partial charge on any atom is 0.307 e. The Balaban J connectivity index is 2.35. The number of carbonyl (C=O) groups excluding carboxylic acids is 2. The number of hydrogen-bond donors (Lipinski definition) is 2. The third-order valence-corrected chi connectivity index (χ3v) is 6.03. The molecule has 2 aromatic rings. The molecule has 2 N–H and O–H groups in total. The Morgan fingerprint density at radius 1 is 1.22 bits per heavy atom. The molecule has 0 aliphatic rings. The summed E-state index contributed by atoms with van der Waals surface area (Å²) < 4.78 is 38.0. The molecule has 1 aromatic carbocycles. The summed E-state index contributed by atoms with van der Waals surface area (Å²) in [5, 5.41) is 4.32. The molecule has 146 valence electrons. The van der Waals surface area contributed by atoms with Crippen LogP contribution in [0.15, 0.2) is 40.6 Å². The smallest absolute Gasteiger partial charge is 0.307 e. The molecule has 2 rings (SSSR count). The number of rotatable bonds is 8. The molecule has 27 heavy (non-hydrogen) atoms. The topological polar surface area (TPSA) is 111 Å². The van der Waals surface area contributed by atoms with Gasteiger partial charge in [-0.05, 0) is 29.6 Å². The summed E-state index contributed by atoms with van der Waals surface area (Å²) >= 11 is 1.33. The lowest BCUT2D eigenvalue weighted by Gasteiger charge is -2.17. The van der Waals surface area contributed by atoms with Gasteiger partial charge < -0.3 is 14.8 Å². The molecule has 1 atom stereocenters. The number of esters is 1. The second-order valence-corrected chi connectivity index (χ2v) is 8.21. The van der Waals surface area contributed by atoms with Crippen LogP contribution in [0.5, 0.6) is 5.75 Å². The SMILES string of the molecule is COC(=O)C[C@H](NS(=O)(=O)c1ccc(OC)c(NC(C)=O)c1)c1cccs1. The van der Waals surface area contributed by atoms with E-state index in [9.17, 15) is 18.0 Å². The fourth-order valence-corrected chi connectivity index (χ4v) is 4.43. The summed E-state index contributed by atoms with van der Waals surface area (Å²) in [4.78, 5) is 23.6. The largest absolute Gasteiger partial charge is 0.495 e. The van der Waals surface area contributed by atoms with Crippen molar-refractivity contribution in [3.05, 3.63) is 40.6 Å². The first-order chi connectivity index (χ1) is 12.8. The van der Waals surface area contributed by atoms with Crippen LogP contribution < -0.4 is 14.8 Å². The van der Waals surface area contributed by atoms with Crippen LogP contribution in [0.3, 0.4) is 0 Å². The minimum absolute atomic E-state index is 0.0709. The van der Waals surface area contributed by atoms with E-state index in [0.717, 1.165) is 0 Å². The van der Waals surface area contributed by atoms with Gasteiger partial charge in [0.05, 0.1) is 37.3 Å². The Morgan fingerprint density at radius 3 is 2.52 bits per heavy atom. The Bertz CT molecular complexity index is 910. The molecule has 1 aromatic heterocycles. The number of carbonyl (C=O) groups is 2. The highest BCUT2D eigenvalue weighted by molar-refractivity contribution is 7.89. The Labute approximate surface area is 161 Å². The van der Waals surface area contributed by atoms with E-state index >= 15 is 0 Å². The molecule has 0 saturated carbocycles. The van der Waals surface area contributed by atoms with Crippen LogP contribution in [0, 0.1) is 0 Å². The van der Waals surface area contributed by atoms with Crippen LogP contribution in [-0.2, 0) is 24.3 Å². The zero-order chi connectivity index (χ0) is 20.0. The summed E-state index contributed by atoms with van der Waals surface area (Å²) in [6, 6.07) is 6.83. The molecule has 0 unspecified atom stereocenters. The average Bonchev–Trinajstić information content (AvgIpc) is 3.15. The number of anilines is 1. The van der Waals surface area contributed by atoms with Gasteiger partial charge in [0.1, 0.15) is 5.75 Å². The first-order valence-corrected chi connectivity index (χ1v) is 10.2. The lowest BCUT2D eigenvalue weighted by atomic mass is 10.2. The monoisotopic (exact) mass is 412 g/mol. The van der Waals surface area contributed by atoms with Gasteiger partial charge in [-0.1, -0.05) is 6.07 Å². The lowest BCUT2D eigenvalue weighted by Crippen LogP contribution is -2.30. The van der Waals surface area contributed by atoms with Crippen LogP contribution in [0.25, 0.3) is 0 Å². The maximum atomic E-state index is 12.8. The average molecular weight is 412 g/mol. The van der Waals surface area contributed by atoms with Gasteiger partial charge in [0.2, 0.25) is 15.9 Å². The summed E-state index contributed by atoms with van der Waals surface area (Å²) in [6.45, 7) is 1.31. The van der Waals surface area contributed by atoms with E-state index in [0.29, 0.717) is 10.6 Å². The highest BCUT2D eigenvalue weighted by Crippen LogP contribution is 2.29. The predicted molar refractivity (Wildman–Crippen MR) is 101 cm³/mol. The number of sulfonamides is 1. The van der Waals surface area contributed by atoms with Gasteiger partial charge >= 0.3 is 5.97 Å². The van der Waals surface area contributed by atoms with Crippen molar-refractivity contribution in [2.45, 2.75) is 24.3 Å². The van der Waals surface area contributed by atoms with E-state index in [1.54, 1.807) is 17.5 Å². The number of hydrogen-bond acceptors (Lipinski definition) is 7. The van der Waals surface area contributed by atoms with Gasteiger partial charge in [-0.15, -0.1) is 11.3 Å². The van der Waals surface area contributed by atoms with E-state index < -0.39 is 22.0 Å². The Hall–Kier alpha value is -2.43. The van der Waals surface area contributed by atoms with E-state index in [1.165, 1.54) is 50.7 Å². The Morgan fingerprint density at radius 2 is 1.96 bits per heavy atom. The molecule has 1 heterocycles. The number of nitrogens with one attached hydrogen (secondary N) is 2. The molecule has 0 saturated heterocycles. The van der Waals surface area contributed by atoms with Crippen molar-refractivity contribution in [2.24, 2.45) is 0 Å². The molecule has 0 aliphatic carbocycles. The summed E-state index contributed by atoms with van der Waals surface area (Å²) in [6.07, 6.45) is -0.148. The zero-order valence-corrected chi connectivity index (χ0v) is 16.6. The second kappa shape index (κ2) is 8.98. The number of ether oxygens (including phenoxy) is 2. The molecule has 0 fully saturated rings. The third-order valence-electron chi connectivity index (χ3n) is 3.57. The summed E-state index contributed by atoms with van der Waals surface area (Å²) in [5.41, 5.74) is 0.230. The quantitative estimate of drug-likeness (QED) is 0.644. The summed E-state index contributed by atoms with van der Waals surface area (Å²) in [5.74, 6) is -0.573. The Kier molecular flexibility index (Phi) is 6.94. The molecule has 8 nitrogen and oxygen atoms in total. The fourth-order valence-electron chi connectivity index (χ4n) is 2.34. The van der Waals surface area contributed by atoms with Crippen molar-refractivity contribution in [3.63, 3.8) is 0 Å². The minimum Gasteiger partial charge on any atom is -0.495 e. The second-order valence-electron chi connectivity index (χ2n) is 5.51. The van der Waals surface area contributed by atoms with E-state index in [4.69, 9.17) is 4.74 Å². The number of thiophene rings is 1. The van der Waals surface area contributed by atoms with Gasteiger partial charge in [-0.2, -0.15) is 0 Å². The van der Waals surface area contributed by atoms with Gasteiger partial charge in [0.25, 0.3) is 0 Å². The van der Waals surface area contributed by atoms with Crippen molar-refractivity contribution in [3.8, 4) is 5.75 Å². The van der Waals surface area contributed by atoms with Crippen molar-refractivity contribution in [1.29, 1.82) is 0 Å². The van der Waals surface area contributed by atoms with Crippen LogP contribution in [0.1, 0.15) is 24.3 Å². The van der Waals surface area contributed by atoms with Crippen LogP contribution >= 0.6 is 11.3 Å². The zero-order valence-electron chi connectivity index (χ0n) is 15.0. The van der Waals surface area contributed by atoms with E-state index in [2.05, 4.69) is 14.8 Å². The number of benzene rings is 1. The van der Waals surface area contributed by atoms with Gasteiger partial charge in [-0.25, -0.2) is 13.1 Å². The molecule has 0 bridgehead atoms. The molecule has 10 heteroatoms. The highest BCUT2D eigenvalue weighted by atomic mass is 32.2. The van der Waals surface area contributed by atoms with Crippen molar-refractivity contribution < 1.29 is 27.5 Å². The van der Waals surface area contributed by atoms with E-state index in [1.807, 2.05) is 0 Å². The molecule has 1 amide bonds. The maximum absolute atomic E-state index is 12.8. The van der Waals surface area contributed by atoms with Gasteiger partial charge in [0, 0.05) is 11.8 Å². The predicted octanol–water partition coefficient (Wildman–Crippen LogP) is 2.30. The van der Waals surface area contributed by atoms with Crippen LogP contribution in [0.2, 0.25) is 0 Å². The van der Waals surface area contributed by atoms with Crippen molar-refractivity contribution in [2.75, 3.05) is 19.5 Å². The molecule has 0 spiro atoms. The third kappa shape index (κ3) is 5.52. The normalized spacial score (nSPS) is 12.3. The minimum atomic E-state index is -3.98. The van der Waals surface area contributed by atoms with Gasteiger partial charge in [-0.3, -0.25) is 9.59 Å². The molecular formula is C17H20N2O6S2. The van der Waals surface area contributed by atoms with Crippen molar-refractivity contribution in [1.82, 2.24) is 4.72 Å². The lowest BCUT2D eigenvalue weighted by molar-refractivity contribution is -0.141. The highest BCUT2D eigenvalue weighted by Gasteiger charge is 2.25. The van der Waals surface area contributed by atoms with Crippen molar-refractivity contribution >= 4 is 38.9 Å². The van der Waals surface area contributed by atoms with Crippen LogP contribution in [0.4, 0.5) is 5.69 Å². The fraction of sp³-hybridized carbons (Fsp3) is 0.294. The van der Waals surface area contributed by atoms with Gasteiger partial charge in [0.15, 0.2) is 0 Å². The summed E-state index contributed by atoms with van der Waals surface area (Å²) in [7, 11) is -1.33. The molecular weight excluding hydrogens is 392 g/mol. The first kappa shape index (κ1) is 20.9. The molecule has 0 radical (unpaired) electrons. The molecule has 0 aliphatic heterocycles. The first-order valence-electron chi connectivity index (χ1n) is 7.85. The van der Waals surface area contributed by atoms with E-state index in [-0.39, 0.29) is 22.9 Å².